The van der Waals surface area contributed by atoms with E-state index in [0.717, 1.165) is 0 Å². The Kier molecular flexibility index (Phi) is 7.82. The van der Waals surface area contributed by atoms with Crippen LogP contribution in [0.5, 0.6) is 0 Å². The van der Waals surface area contributed by atoms with Crippen LogP contribution in [0.25, 0.3) is 0 Å². The molecule has 0 aliphatic carbocycles. The number of hydrogen-bond acceptors (Lipinski definition) is 9. The van der Waals surface area contributed by atoms with E-state index in [-0.39, 0.29) is 13.0 Å². The molecule has 0 aromatic carbocycles. The number of carbonyl (C=O) groups excluding carboxylic acids is 4. The Hall–Kier alpha value is -2.16. The van der Waals surface area contributed by atoms with Gasteiger partial charge in [-0.2, -0.15) is 0 Å². The molecule has 0 amide bonds. The maximum absolute atomic E-state index is 11.5. The summed E-state index contributed by atoms with van der Waals surface area (Å²) in [4.78, 5) is 45.5. The number of rotatable bonds is 6. The van der Waals surface area contributed by atoms with Crippen molar-refractivity contribution in [2.45, 2.75) is 64.6 Å². The zero-order chi connectivity index (χ0) is 19.1. The van der Waals surface area contributed by atoms with E-state index in [1.54, 1.807) is 0 Å². The molecule has 0 N–H and O–H groups in total. The molecule has 0 aromatic rings. The zero-order valence-electron chi connectivity index (χ0n) is 14.7. The van der Waals surface area contributed by atoms with Gasteiger partial charge >= 0.3 is 23.9 Å². The van der Waals surface area contributed by atoms with Gasteiger partial charge in [0.2, 0.25) is 0 Å². The molecular formula is C16H23O9. The Labute approximate surface area is 145 Å². The first-order chi connectivity index (χ1) is 11.6. The van der Waals surface area contributed by atoms with Gasteiger partial charge in [0.1, 0.15) is 12.7 Å². The molecule has 0 unspecified atom stereocenters. The smallest absolute Gasteiger partial charge is 0.303 e. The van der Waals surface area contributed by atoms with Gasteiger partial charge in [0.15, 0.2) is 18.3 Å². The van der Waals surface area contributed by atoms with Gasteiger partial charge in [-0.15, -0.1) is 0 Å². The Morgan fingerprint density at radius 2 is 1.20 bits per heavy atom. The minimum absolute atomic E-state index is 0.180. The standard InChI is InChI=1S/C16H23O9/c1-6-12-14(22-9(3)18)16(24-11(5)20)15(23-10(4)19)13(25-12)7-21-8(2)17/h12-16H,1,6-7H2,2-5H3/t12-,13+,14-,15+,16+/m0/s1. The largest absolute Gasteiger partial charge is 0.463 e. The molecular weight excluding hydrogens is 336 g/mol. The second-order valence-electron chi connectivity index (χ2n) is 5.53. The van der Waals surface area contributed by atoms with E-state index in [1.807, 2.05) is 0 Å². The molecule has 9 heteroatoms. The molecule has 141 valence electrons. The average molecular weight is 359 g/mol. The van der Waals surface area contributed by atoms with Crippen LogP contribution in [0.1, 0.15) is 34.1 Å². The highest BCUT2D eigenvalue weighted by molar-refractivity contribution is 5.68. The second kappa shape index (κ2) is 9.36. The molecule has 0 aromatic heterocycles. The van der Waals surface area contributed by atoms with Gasteiger partial charge in [0.25, 0.3) is 0 Å². The zero-order valence-corrected chi connectivity index (χ0v) is 14.7. The van der Waals surface area contributed by atoms with Crippen LogP contribution in [-0.4, -0.2) is 61.0 Å². The Morgan fingerprint density at radius 1 is 0.760 bits per heavy atom. The fourth-order valence-electron chi connectivity index (χ4n) is 2.55. The molecule has 1 aliphatic heterocycles. The van der Waals surface area contributed by atoms with E-state index < -0.39 is 54.4 Å². The number of hydrogen-bond donors (Lipinski definition) is 0. The molecule has 0 bridgehead atoms. The highest BCUT2D eigenvalue weighted by atomic mass is 16.7. The van der Waals surface area contributed by atoms with Gasteiger partial charge in [-0.25, -0.2) is 0 Å². The van der Waals surface area contributed by atoms with Gasteiger partial charge in [0.05, 0.1) is 6.10 Å². The molecule has 1 saturated heterocycles. The van der Waals surface area contributed by atoms with E-state index in [1.165, 1.54) is 27.7 Å². The number of ether oxygens (including phenoxy) is 5. The van der Waals surface area contributed by atoms with Crippen molar-refractivity contribution >= 4 is 23.9 Å². The minimum atomic E-state index is -1.12. The summed E-state index contributed by atoms with van der Waals surface area (Å²) in [5, 5.41) is 0. The van der Waals surface area contributed by atoms with Crippen LogP contribution in [0.2, 0.25) is 0 Å². The SMILES string of the molecule is [CH2]C[C@@H]1O[C@H](COC(C)=O)[C@@H](OC(C)=O)[C@H](OC(C)=O)[C@H]1OC(C)=O. The molecule has 0 spiro atoms. The molecule has 1 aliphatic rings. The van der Waals surface area contributed by atoms with Gasteiger partial charge in [-0.3, -0.25) is 19.2 Å². The van der Waals surface area contributed by atoms with Crippen molar-refractivity contribution in [2.75, 3.05) is 6.61 Å². The first-order valence-electron chi connectivity index (χ1n) is 7.75. The highest BCUT2D eigenvalue weighted by Gasteiger charge is 2.51. The summed E-state index contributed by atoms with van der Waals surface area (Å²) in [5.74, 6) is -2.49. The lowest BCUT2D eigenvalue weighted by Crippen LogP contribution is -2.62. The summed E-state index contributed by atoms with van der Waals surface area (Å²) >= 11 is 0. The Balaban J connectivity index is 3.18. The number of esters is 4. The summed E-state index contributed by atoms with van der Waals surface area (Å²) in [5.41, 5.74) is 0. The van der Waals surface area contributed by atoms with Gasteiger partial charge in [0, 0.05) is 27.7 Å². The maximum Gasteiger partial charge on any atom is 0.303 e. The summed E-state index contributed by atoms with van der Waals surface area (Å²) in [6, 6.07) is 0. The fraction of sp³-hybridized carbons (Fsp3) is 0.688. The molecule has 25 heavy (non-hydrogen) atoms. The third kappa shape index (κ3) is 6.33. The normalized spacial score (nSPS) is 28.6. The second-order valence-corrected chi connectivity index (χ2v) is 5.53. The fourth-order valence-corrected chi connectivity index (χ4v) is 2.55. The van der Waals surface area contributed by atoms with Crippen molar-refractivity contribution in [2.24, 2.45) is 0 Å². The van der Waals surface area contributed by atoms with Crippen molar-refractivity contribution in [1.82, 2.24) is 0 Å². The van der Waals surface area contributed by atoms with Crippen molar-refractivity contribution in [3.05, 3.63) is 6.92 Å². The van der Waals surface area contributed by atoms with Crippen LogP contribution in [0.15, 0.2) is 0 Å². The topological polar surface area (TPSA) is 114 Å². The lowest BCUT2D eigenvalue weighted by Gasteiger charge is -2.44. The molecule has 1 radical (unpaired) electrons. The van der Waals surface area contributed by atoms with Crippen LogP contribution in [0.3, 0.4) is 0 Å². The third-order valence-electron chi connectivity index (χ3n) is 3.37. The van der Waals surface area contributed by atoms with Crippen LogP contribution in [0.4, 0.5) is 0 Å². The lowest BCUT2D eigenvalue weighted by atomic mass is 9.93. The molecule has 0 saturated carbocycles. The van der Waals surface area contributed by atoms with Crippen LogP contribution >= 0.6 is 0 Å². The van der Waals surface area contributed by atoms with Crippen molar-refractivity contribution < 1.29 is 42.9 Å². The van der Waals surface area contributed by atoms with Crippen molar-refractivity contribution in [3.8, 4) is 0 Å². The van der Waals surface area contributed by atoms with Gasteiger partial charge in [-0.1, -0.05) is 6.92 Å². The Morgan fingerprint density at radius 3 is 1.60 bits per heavy atom. The van der Waals surface area contributed by atoms with E-state index >= 15 is 0 Å². The van der Waals surface area contributed by atoms with Crippen LogP contribution < -0.4 is 0 Å². The molecule has 1 heterocycles. The van der Waals surface area contributed by atoms with E-state index in [4.69, 9.17) is 23.7 Å². The van der Waals surface area contributed by atoms with E-state index in [9.17, 15) is 19.2 Å². The quantitative estimate of drug-likeness (QED) is 0.489. The monoisotopic (exact) mass is 359 g/mol. The van der Waals surface area contributed by atoms with E-state index in [2.05, 4.69) is 6.92 Å². The third-order valence-corrected chi connectivity index (χ3v) is 3.37. The van der Waals surface area contributed by atoms with Gasteiger partial charge in [-0.05, 0) is 6.42 Å². The summed E-state index contributed by atoms with van der Waals surface area (Å²) in [6.07, 6.45) is -4.72. The molecule has 9 nitrogen and oxygen atoms in total. The number of carbonyl (C=O) groups is 4. The Bertz CT molecular complexity index is 516. The highest BCUT2D eigenvalue weighted by Crippen LogP contribution is 2.30. The first kappa shape index (κ1) is 20.9. The molecule has 1 rings (SSSR count). The predicted octanol–water partition coefficient (Wildman–Crippen LogP) is 0.336. The van der Waals surface area contributed by atoms with E-state index in [0.29, 0.717) is 0 Å². The predicted molar refractivity (Wildman–Crippen MR) is 81.9 cm³/mol. The van der Waals surface area contributed by atoms with Crippen molar-refractivity contribution in [3.63, 3.8) is 0 Å². The van der Waals surface area contributed by atoms with Gasteiger partial charge < -0.3 is 23.7 Å². The summed E-state index contributed by atoms with van der Waals surface area (Å²) < 4.78 is 26.3. The minimum Gasteiger partial charge on any atom is -0.463 e. The van der Waals surface area contributed by atoms with Crippen LogP contribution in [0, 0.1) is 6.92 Å². The van der Waals surface area contributed by atoms with Crippen molar-refractivity contribution in [1.29, 1.82) is 0 Å². The lowest BCUT2D eigenvalue weighted by molar-refractivity contribution is -0.251. The van der Waals surface area contributed by atoms with Crippen LogP contribution in [-0.2, 0) is 42.9 Å². The maximum atomic E-state index is 11.5. The first-order valence-corrected chi connectivity index (χ1v) is 7.75. The average Bonchev–Trinajstić information content (AvgIpc) is 2.48. The summed E-state index contributed by atoms with van der Waals surface area (Å²) in [7, 11) is 0. The summed E-state index contributed by atoms with van der Waals surface area (Å²) in [6.45, 7) is 8.24. The molecule has 1 fully saturated rings. The molecule has 5 atom stereocenters.